The topological polar surface area (TPSA) is 63.9 Å². The first-order valence-electron chi connectivity index (χ1n) is 21.9. The zero-order chi connectivity index (χ0) is 42.7. The predicted octanol–water partition coefficient (Wildman–Crippen LogP) is 15.1. The van der Waals surface area contributed by atoms with E-state index in [0.717, 1.165) is 41.0 Å². The molecule has 0 bridgehead atoms. The molecular weight excluding hydrogens is 759 g/mol. The van der Waals surface area contributed by atoms with Crippen molar-refractivity contribution in [2.45, 2.75) is 52.4 Å². The zero-order valence-corrected chi connectivity index (χ0v) is 35.6. The summed E-state index contributed by atoms with van der Waals surface area (Å²) in [7, 11) is 0. The van der Waals surface area contributed by atoms with Crippen molar-refractivity contribution in [1.82, 2.24) is 0 Å². The highest BCUT2D eigenvalue weighted by molar-refractivity contribution is 6.05. The number of rotatable bonds is 6. The summed E-state index contributed by atoms with van der Waals surface area (Å²) in [6, 6.07) is 56.5. The Kier molecular flexibility index (Phi) is 9.60. The number of hydrogen-bond acceptors (Lipinski definition) is 4. The molecule has 1 unspecified atom stereocenters. The highest BCUT2D eigenvalue weighted by Gasteiger charge is 2.53. The number of nitrogens with zero attached hydrogens (tertiary/aromatic N) is 1. The minimum absolute atomic E-state index is 0.0256. The number of fused-ring (bicyclic) bond motifs is 11. The fourth-order valence-corrected chi connectivity index (χ4v) is 10.6. The standard InChI is InChI=1S/C56H43NO3.C2H6/c1-3-42-34(2)53(58)51(55(60)54(42)59)38-23-28-40(29-24-38)57(39-26-21-36(22-27-39)35-13-5-4-6-14-35)41-30-32-46-47-31-25-37-15-7-8-16-43(37)52(47)56(50(46)33-41)48-19-11-9-17-44(48)45-18-10-12-20-49(45)56;1-2/h4-11,13-19,21-33,58-60H,3,12,20H2,1-2H3;1-2H3. The molecule has 0 saturated carbocycles. The van der Waals surface area contributed by atoms with Gasteiger partial charge in [0.15, 0.2) is 11.5 Å². The summed E-state index contributed by atoms with van der Waals surface area (Å²) in [6.07, 6.45) is 7.15. The molecule has 0 saturated heterocycles. The number of hydrogen-bond donors (Lipinski definition) is 3. The molecule has 0 amide bonds. The van der Waals surface area contributed by atoms with Crippen LogP contribution in [0.4, 0.5) is 17.1 Å². The van der Waals surface area contributed by atoms with E-state index in [1.807, 2.05) is 51.1 Å². The molecule has 4 nitrogen and oxygen atoms in total. The van der Waals surface area contributed by atoms with Crippen LogP contribution in [-0.4, -0.2) is 15.3 Å². The molecule has 1 atom stereocenters. The third-order valence-electron chi connectivity index (χ3n) is 13.3. The predicted molar refractivity (Wildman–Crippen MR) is 257 cm³/mol. The van der Waals surface area contributed by atoms with Crippen molar-refractivity contribution >= 4 is 33.4 Å². The molecule has 0 aliphatic heterocycles. The molecule has 62 heavy (non-hydrogen) atoms. The van der Waals surface area contributed by atoms with Gasteiger partial charge in [0.25, 0.3) is 0 Å². The first kappa shape index (κ1) is 38.9. The van der Waals surface area contributed by atoms with Crippen molar-refractivity contribution in [3.63, 3.8) is 0 Å². The van der Waals surface area contributed by atoms with Gasteiger partial charge in [-0.15, -0.1) is 0 Å². The Morgan fingerprint density at radius 3 is 1.94 bits per heavy atom. The molecule has 11 rings (SSSR count). The van der Waals surface area contributed by atoms with Crippen molar-refractivity contribution in [3.8, 4) is 50.6 Å². The van der Waals surface area contributed by atoms with Crippen molar-refractivity contribution in [1.29, 1.82) is 0 Å². The van der Waals surface area contributed by atoms with Crippen LogP contribution in [0.25, 0.3) is 49.7 Å². The Balaban J connectivity index is 0.00000226. The lowest BCUT2D eigenvalue weighted by atomic mass is 9.67. The summed E-state index contributed by atoms with van der Waals surface area (Å²) in [6.45, 7) is 7.67. The summed E-state index contributed by atoms with van der Waals surface area (Å²) < 4.78 is 0. The van der Waals surface area contributed by atoms with Gasteiger partial charge in [-0.2, -0.15) is 0 Å². The van der Waals surface area contributed by atoms with E-state index in [9.17, 15) is 15.3 Å². The minimum atomic E-state index is -0.468. The number of allylic oxidation sites excluding steroid dienone is 4. The van der Waals surface area contributed by atoms with E-state index in [4.69, 9.17) is 0 Å². The van der Waals surface area contributed by atoms with Crippen LogP contribution in [0.2, 0.25) is 0 Å². The maximum absolute atomic E-state index is 11.3. The molecule has 8 aromatic rings. The number of anilines is 3. The fraction of sp³-hybridized carbons (Fsp3) is 0.138. The maximum Gasteiger partial charge on any atom is 0.169 e. The summed E-state index contributed by atoms with van der Waals surface area (Å²) in [5.41, 5.74) is 17.3. The molecule has 0 fully saturated rings. The van der Waals surface area contributed by atoms with E-state index >= 15 is 0 Å². The lowest BCUT2D eigenvalue weighted by Crippen LogP contribution is -2.28. The Bertz CT molecular complexity index is 3080. The second-order valence-electron chi connectivity index (χ2n) is 16.2. The van der Waals surface area contributed by atoms with Crippen LogP contribution in [0.3, 0.4) is 0 Å². The van der Waals surface area contributed by atoms with Crippen LogP contribution in [0.5, 0.6) is 17.2 Å². The number of aromatic hydroxyl groups is 3. The molecule has 0 aromatic heterocycles. The number of phenols is 3. The van der Waals surface area contributed by atoms with Gasteiger partial charge in [-0.1, -0.05) is 154 Å². The van der Waals surface area contributed by atoms with E-state index in [-0.39, 0.29) is 22.8 Å². The Morgan fingerprint density at radius 1 is 0.565 bits per heavy atom. The summed E-state index contributed by atoms with van der Waals surface area (Å²) >= 11 is 0. The van der Waals surface area contributed by atoms with Gasteiger partial charge in [0.1, 0.15) is 5.75 Å². The van der Waals surface area contributed by atoms with Crippen LogP contribution in [0, 0.1) is 6.92 Å². The average molecular weight is 808 g/mol. The van der Waals surface area contributed by atoms with Gasteiger partial charge in [-0.05, 0) is 140 Å². The summed E-state index contributed by atoms with van der Waals surface area (Å²) in [5.74, 6) is -0.523. The zero-order valence-electron chi connectivity index (χ0n) is 35.6. The normalized spacial score (nSPS) is 15.5. The van der Waals surface area contributed by atoms with Gasteiger partial charge in [0, 0.05) is 22.6 Å². The van der Waals surface area contributed by atoms with Crippen molar-refractivity contribution < 1.29 is 15.3 Å². The third-order valence-corrected chi connectivity index (χ3v) is 13.3. The molecule has 0 radical (unpaired) electrons. The highest BCUT2D eigenvalue weighted by Crippen LogP contribution is 2.65. The molecule has 4 heteroatoms. The molecular formula is C58H49NO3. The van der Waals surface area contributed by atoms with Crippen LogP contribution < -0.4 is 4.90 Å². The second-order valence-corrected chi connectivity index (χ2v) is 16.2. The van der Waals surface area contributed by atoms with Gasteiger partial charge < -0.3 is 20.2 Å². The molecule has 3 aliphatic rings. The average Bonchev–Trinajstić information content (AvgIpc) is 3.80. The van der Waals surface area contributed by atoms with Gasteiger partial charge in [-0.25, -0.2) is 0 Å². The van der Waals surface area contributed by atoms with E-state index in [2.05, 4.69) is 144 Å². The maximum atomic E-state index is 11.3. The molecule has 304 valence electrons. The Morgan fingerprint density at radius 2 is 1.19 bits per heavy atom. The van der Waals surface area contributed by atoms with Crippen LogP contribution >= 0.6 is 0 Å². The van der Waals surface area contributed by atoms with E-state index in [0.29, 0.717) is 23.1 Å². The van der Waals surface area contributed by atoms with E-state index in [1.165, 1.54) is 55.3 Å². The van der Waals surface area contributed by atoms with Crippen LogP contribution in [0.1, 0.15) is 67.0 Å². The monoisotopic (exact) mass is 807 g/mol. The Labute approximate surface area is 364 Å². The van der Waals surface area contributed by atoms with Crippen molar-refractivity contribution in [2.24, 2.45) is 0 Å². The molecule has 0 heterocycles. The van der Waals surface area contributed by atoms with Gasteiger partial charge >= 0.3 is 0 Å². The first-order valence-corrected chi connectivity index (χ1v) is 21.9. The van der Waals surface area contributed by atoms with Gasteiger partial charge in [0.05, 0.1) is 11.0 Å². The summed E-state index contributed by atoms with van der Waals surface area (Å²) in [4.78, 5) is 2.30. The number of benzene rings is 8. The fourth-order valence-electron chi connectivity index (χ4n) is 10.6. The highest BCUT2D eigenvalue weighted by atomic mass is 16.3. The SMILES string of the molecule is CC.CCc1c(C)c(O)c(-c2ccc(N(c3ccc(-c4ccccc4)cc3)c3ccc4c(c3)C3(C5=C(C=CCC5)c5ccccc53)c3c-4ccc4ccccc34)cc2)c(O)c1O. The molecule has 1 spiro atoms. The first-order chi connectivity index (χ1) is 30.4. The van der Waals surface area contributed by atoms with E-state index < -0.39 is 5.41 Å². The van der Waals surface area contributed by atoms with E-state index in [1.54, 1.807) is 6.92 Å². The number of phenolic OH excluding ortho intramolecular Hbond substituents is 3. The van der Waals surface area contributed by atoms with Crippen molar-refractivity contribution in [2.75, 3.05) is 4.90 Å². The van der Waals surface area contributed by atoms with Gasteiger partial charge in [0.2, 0.25) is 0 Å². The minimum Gasteiger partial charge on any atom is -0.507 e. The third kappa shape index (κ3) is 5.66. The van der Waals surface area contributed by atoms with Crippen LogP contribution in [0.15, 0.2) is 175 Å². The largest absolute Gasteiger partial charge is 0.507 e. The van der Waals surface area contributed by atoms with Crippen molar-refractivity contribution in [3.05, 3.63) is 209 Å². The van der Waals surface area contributed by atoms with Crippen LogP contribution in [-0.2, 0) is 11.8 Å². The second kappa shape index (κ2) is 15.3. The summed E-state index contributed by atoms with van der Waals surface area (Å²) in [5, 5.41) is 36.0. The lowest BCUT2D eigenvalue weighted by molar-refractivity contribution is 0.393. The lowest BCUT2D eigenvalue weighted by Gasteiger charge is -2.35. The molecule has 8 aromatic carbocycles. The van der Waals surface area contributed by atoms with Gasteiger partial charge in [-0.3, -0.25) is 0 Å². The molecule has 3 aliphatic carbocycles. The molecule has 3 N–H and O–H groups in total. The smallest absolute Gasteiger partial charge is 0.169 e. The quantitative estimate of drug-likeness (QED) is 0.116. The Hall–Kier alpha value is -7.30.